The highest BCUT2D eigenvalue weighted by molar-refractivity contribution is 5.94. The number of aromatic hydroxyl groups is 1. The number of pyridine rings is 1. The van der Waals surface area contributed by atoms with Gasteiger partial charge in [0.15, 0.2) is 0 Å². The van der Waals surface area contributed by atoms with Gasteiger partial charge >= 0.3 is 0 Å². The molecule has 3 N–H and O–H groups in total. The topological polar surface area (TPSA) is 149 Å². The molecule has 0 aromatic carbocycles. The van der Waals surface area contributed by atoms with Crippen LogP contribution in [0.4, 0.5) is 0 Å². The molecule has 2 aromatic rings. The van der Waals surface area contributed by atoms with Gasteiger partial charge in [-0.25, -0.2) is 4.98 Å². The summed E-state index contributed by atoms with van der Waals surface area (Å²) < 4.78 is 1.94. The summed E-state index contributed by atoms with van der Waals surface area (Å²) in [7, 11) is 0. The fourth-order valence-corrected chi connectivity index (χ4v) is 4.49. The Balaban J connectivity index is 0.000000913. The Kier molecular flexibility index (Phi) is 7.08. The Labute approximate surface area is 184 Å². The van der Waals surface area contributed by atoms with Gasteiger partial charge in [0.25, 0.3) is 12.4 Å². The van der Waals surface area contributed by atoms with E-state index in [9.17, 15) is 19.8 Å². The minimum absolute atomic E-state index is 0.0284. The van der Waals surface area contributed by atoms with Crippen LogP contribution in [-0.2, 0) is 16.1 Å². The lowest BCUT2D eigenvalue weighted by atomic mass is 9.82. The quantitative estimate of drug-likeness (QED) is 0.544. The van der Waals surface area contributed by atoms with Gasteiger partial charge in [0.05, 0.1) is 18.4 Å². The maximum Gasteiger partial charge on any atom is 0.290 e. The summed E-state index contributed by atoms with van der Waals surface area (Å²) in [5.74, 6) is 0.677. The van der Waals surface area contributed by atoms with Crippen LogP contribution in [0.3, 0.4) is 0 Å². The smallest absolute Gasteiger partial charge is 0.290 e. The van der Waals surface area contributed by atoms with Crippen LogP contribution in [0.2, 0.25) is 0 Å². The predicted octanol–water partition coefficient (Wildman–Crippen LogP) is -0.0239. The fourth-order valence-electron chi connectivity index (χ4n) is 4.49. The van der Waals surface area contributed by atoms with Crippen molar-refractivity contribution in [1.82, 2.24) is 24.3 Å². The molecule has 32 heavy (non-hydrogen) atoms. The van der Waals surface area contributed by atoms with Gasteiger partial charge in [0.2, 0.25) is 5.91 Å². The number of hydrogen-bond acceptors (Lipinski definition) is 7. The molecule has 2 aromatic heterocycles. The molecular weight excluding hydrogens is 418 g/mol. The molecule has 11 nitrogen and oxygen atoms in total. The largest absolute Gasteiger partial charge is 0.506 e. The highest BCUT2D eigenvalue weighted by atomic mass is 16.3. The minimum Gasteiger partial charge on any atom is -0.506 e. The van der Waals surface area contributed by atoms with E-state index in [2.05, 4.69) is 9.97 Å². The number of aromatic nitrogens is 3. The summed E-state index contributed by atoms with van der Waals surface area (Å²) in [4.78, 5) is 45.4. The van der Waals surface area contributed by atoms with Gasteiger partial charge in [-0.3, -0.25) is 19.4 Å². The normalized spacial score (nSPS) is 21.6. The first-order valence-corrected chi connectivity index (χ1v) is 10.2. The molecule has 4 rings (SSSR count). The SMILES string of the molecule is Cc1nccn1CCC(=O)N1CC2CN(C(=O)c3cncc(O)c3)CC2(CO)C1.O=CO. The molecule has 0 saturated carbocycles. The van der Waals surface area contributed by atoms with Crippen molar-refractivity contribution in [2.24, 2.45) is 11.3 Å². The summed E-state index contributed by atoms with van der Waals surface area (Å²) in [6.45, 7) is 3.98. The van der Waals surface area contributed by atoms with E-state index in [0.717, 1.165) is 5.82 Å². The number of carbonyl (C=O) groups excluding carboxylic acids is 2. The second-order valence-corrected chi connectivity index (χ2v) is 8.13. The number of imidazole rings is 1. The van der Waals surface area contributed by atoms with Crippen LogP contribution in [0.1, 0.15) is 22.6 Å². The number of aliphatic hydroxyl groups is 1. The number of aliphatic hydroxyl groups excluding tert-OH is 1. The van der Waals surface area contributed by atoms with Gasteiger partial charge in [-0.2, -0.15) is 0 Å². The van der Waals surface area contributed by atoms with Crippen molar-refractivity contribution in [1.29, 1.82) is 0 Å². The molecule has 11 heteroatoms. The van der Waals surface area contributed by atoms with E-state index in [4.69, 9.17) is 9.90 Å². The lowest BCUT2D eigenvalue weighted by Gasteiger charge is -2.27. The second-order valence-electron chi connectivity index (χ2n) is 8.13. The molecule has 2 saturated heterocycles. The zero-order valence-corrected chi connectivity index (χ0v) is 17.8. The first kappa shape index (κ1) is 23.2. The molecule has 0 bridgehead atoms. The molecule has 172 valence electrons. The van der Waals surface area contributed by atoms with E-state index < -0.39 is 5.41 Å². The summed E-state index contributed by atoms with van der Waals surface area (Å²) in [5.41, 5.74) is -0.178. The number of nitrogens with zero attached hydrogens (tertiary/aromatic N) is 5. The van der Waals surface area contributed by atoms with Crippen LogP contribution in [0.25, 0.3) is 0 Å². The maximum absolute atomic E-state index is 12.8. The number of hydrogen-bond donors (Lipinski definition) is 3. The number of likely N-dealkylation sites (tertiary alicyclic amines) is 2. The third-order valence-electron chi connectivity index (χ3n) is 6.17. The van der Waals surface area contributed by atoms with Gasteiger partial charge < -0.3 is 29.7 Å². The summed E-state index contributed by atoms with van der Waals surface area (Å²) in [6, 6.07) is 1.39. The van der Waals surface area contributed by atoms with Crippen LogP contribution >= 0.6 is 0 Å². The summed E-state index contributed by atoms with van der Waals surface area (Å²) in [5, 5.41) is 26.6. The van der Waals surface area contributed by atoms with E-state index in [1.165, 1.54) is 18.5 Å². The molecular formula is C21H27N5O6. The van der Waals surface area contributed by atoms with Crippen LogP contribution in [0.15, 0.2) is 30.9 Å². The number of fused-ring (bicyclic) bond motifs is 1. The number of carboxylic acid groups (broad SMARTS) is 1. The van der Waals surface area contributed by atoms with Crippen LogP contribution in [-0.4, -0.2) is 90.7 Å². The highest BCUT2D eigenvalue weighted by Crippen LogP contribution is 2.42. The first-order chi connectivity index (χ1) is 15.3. The molecule has 2 unspecified atom stereocenters. The van der Waals surface area contributed by atoms with Crippen molar-refractivity contribution in [2.75, 3.05) is 32.8 Å². The number of carbonyl (C=O) groups is 3. The number of aryl methyl sites for hydroxylation is 2. The number of amides is 2. The van der Waals surface area contributed by atoms with E-state index >= 15 is 0 Å². The lowest BCUT2D eigenvalue weighted by Crippen LogP contribution is -2.40. The van der Waals surface area contributed by atoms with E-state index in [0.29, 0.717) is 44.7 Å². The van der Waals surface area contributed by atoms with Crippen LogP contribution in [0, 0.1) is 18.3 Å². The van der Waals surface area contributed by atoms with Crippen molar-refractivity contribution in [3.8, 4) is 5.75 Å². The Morgan fingerprint density at radius 1 is 1.25 bits per heavy atom. The number of rotatable bonds is 5. The Morgan fingerprint density at radius 2 is 1.94 bits per heavy atom. The van der Waals surface area contributed by atoms with Gasteiger partial charge in [-0.05, 0) is 13.0 Å². The summed E-state index contributed by atoms with van der Waals surface area (Å²) in [6.07, 6.45) is 6.66. The van der Waals surface area contributed by atoms with E-state index in [1.807, 2.05) is 22.6 Å². The van der Waals surface area contributed by atoms with Crippen LogP contribution < -0.4 is 0 Å². The average molecular weight is 445 g/mol. The van der Waals surface area contributed by atoms with Gasteiger partial charge in [-0.1, -0.05) is 0 Å². The van der Waals surface area contributed by atoms with Crippen LogP contribution in [0.5, 0.6) is 5.75 Å². The Morgan fingerprint density at radius 3 is 2.53 bits per heavy atom. The third kappa shape index (κ3) is 4.72. The molecule has 0 aliphatic carbocycles. The standard InChI is InChI=1S/C20H25N5O4.CH2O2/c1-14-22-3-5-23(14)4-2-18(28)24-9-16-10-25(12-20(16,11-24)13-26)19(29)15-6-17(27)8-21-7-15;2-1-3/h3,5-8,16,26-27H,2,4,9-13H2,1H3;1H,(H,2,3). The molecule has 0 spiro atoms. The van der Waals surface area contributed by atoms with Crippen molar-refractivity contribution in [3.05, 3.63) is 42.2 Å². The van der Waals surface area contributed by atoms with Crippen molar-refractivity contribution < 1.29 is 29.7 Å². The van der Waals surface area contributed by atoms with Gasteiger partial charge in [0, 0.05) is 69.1 Å². The molecule has 2 fully saturated rings. The van der Waals surface area contributed by atoms with Gasteiger partial charge in [0.1, 0.15) is 11.6 Å². The summed E-state index contributed by atoms with van der Waals surface area (Å²) >= 11 is 0. The van der Waals surface area contributed by atoms with Crippen molar-refractivity contribution in [2.45, 2.75) is 19.9 Å². The molecule has 2 aliphatic heterocycles. The first-order valence-electron chi connectivity index (χ1n) is 10.2. The average Bonchev–Trinajstić information content (AvgIpc) is 3.44. The maximum atomic E-state index is 12.8. The molecule has 2 aliphatic rings. The molecule has 2 amide bonds. The van der Waals surface area contributed by atoms with Crippen molar-refractivity contribution in [3.63, 3.8) is 0 Å². The monoisotopic (exact) mass is 445 g/mol. The van der Waals surface area contributed by atoms with Gasteiger partial charge in [-0.15, -0.1) is 0 Å². The second kappa shape index (κ2) is 9.77. The molecule has 2 atom stereocenters. The lowest BCUT2D eigenvalue weighted by molar-refractivity contribution is -0.131. The molecule has 4 heterocycles. The van der Waals surface area contributed by atoms with Crippen molar-refractivity contribution >= 4 is 18.3 Å². The third-order valence-corrected chi connectivity index (χ3v) is 6.17. The predicted molar refractivity (Wildman–Crippen MR) is 112 cm³/mol. The molecule has 0 radical (unpaired) electrons. The zero-order chi connectivity index (χ0) is 23.3. The minimum atomic E-state index is -0.500. The van der Waals surface area contributed by atoms with E-state index in [-0.39, 0.29) is 36.6 Å². The fraction of sp³-hybridized carbons (Fsp3) is 0.476. The Bertz CT molecular complexity index is 979. The highest BCUT2D eigenvalue weighted by Gasteiger charge is 2.54. The van der Waals surface area contributed by atoms with E-state index in [1.54, 1.807) is 11.1 Å². The zero-order valence-electron chi connectivity index (χ0n) is 17.8. The Hall–Kier alpha value is -3.47.